The number of rotatable bonds is 16. The molecule has 0 bridgehead atoms. The molecule has 224 valence electrons. The fourth-order valence-corrected chi connectivity index (χ4v) is 4.16. The summed E-state index contributed by atoms with van der Waals surface area (Å²) >= 11 is 0. The normalized spacial score (nSPS) is 13.8. The van der Waals surface area contributed by atoms with E-state index in [1.165, 1.54) is 12.5 Å². The lowest BCUT2D eigenvalue weighted by Gasteiger charge is -2.24. The lowest BCUT2D eigenvalue weighted by atomic mass is 10.0. The number of hydrogen-bond donors (Lipinski definition) is 9. The number of aromatic amines is 2. The predicted molar refractivity (Wildman–Crippen MR) is 145 cm³/mol. The van der Waals surface area contributed by atoms with E-state index in [0.29, 0.717) is 11.3 Å². The molecule has 3 rings (SSSR count). The Kier molecular flexibility index (Phi) is 10.7. The van der Waals surface area contributed by atoms with Crippen LogP contribution in [0, 0.1) is 0 Å². The highest BCUT2D eigenvalue weighted by atomic mass is 16.4. The summed E-state index contributed by atoms with van der Waals surface area (Å²) in [5.41, 5.74) is 7.48. The minimum atomic E-state index is -1.68. The SMILES string of the molecule is NC(CCC(=O)O)C(=O)NC(CC(=O)O)C(=O)NC(Cc1cnc[nH]1)C(=O)NC(Cc1c[nH]c2ccccc12)C(=O)O. The fourth-order valence-electron chi connectivity index (χ4n) is 4.16. The average molecular weight is 586 g/mol. The molecule has 0 saturated heterocycles. The highest BCUT2D eigenvalue weighted by Gasteiger charge is 2.32. The van der Waals surface area contributed by atoms with Crippen molar-refractivity contribution in [3.63, 3.8) is 0 Å². The van der Waals surface area contributed by atoms with Crippen LogP contribution >= 0.6 is 0 Å². The first-order chi connectivity index (χ1) is 19.9. The molecule has 3 amide bonds. The lowest BCUT2D eigenvalue weighted by Crippen LogP contribution is -2.58. The Morgan fingerprint density at radius 1 is 0.833 bits per heavy atom. The van der Waals surface area contributed by atoms with Crippen LogP contribution in [0.4, 0.5) is 0 Å². The zero-order chi connectivity index (χ0) is 30.8. The van der Waals surface area contributed by atoms with Crippen molar-refractivity contribution < 1.29 is 44.1 Å². The van der Waals surface area contributed by atoms with Gasteiger partial charge in [0.2, 0.25) is 17.7 Å². The van der Waals surface area contributed by atoms with Crippen LogP contribution in [0.25, 0.3) is 10.9 Å². The van der Waals surface area contributed by atoms with Gasteiger partial charge < -0.3 is 47.0 Å². The minimum Gasteiger partial charge on any atom is -0.481 e. The monoisotopic (exact) mass is 585 g/mol. The number of hydrogen-bond acceptors (Lipinski definition) is 8. The number of aliphatic carboxylic acids is 3. The number of fused-ring (bicyclic) bond motifs is 1. The van der Waals surface area contributed by atoms with Gasteiger partial charge >= 0.3 is 17.9 Å². The Morgan fingerprint density at radius 2 is 1.50 bits per heavy atom. The number of carboxylic acid groups (broad SMARTS) is 3. The van der Waals surface area contributed by atoms with E-state index in [1.54, 1.807) is 18.3 Å². The molecule has 0 spiro atoms. The number of nitrogens with two attached hydrogens (primary N) is 1. The number of nitrogens with zero attached hydrogens (tertiary/aromatic N) is 1. The fraction of sp³-hybridized carbons (Fsp3) is 0.346. The van der Waals surface area contributed by atoms with E-state index in [0.717, 1.165) is 10.9 Å². The molecule has 4 atom stereocenters. The average Bonchev–Trinajstić information content (AvgIpc) is 3.60. The van der Waals surface area contributed by atoms with Gasteiger partial charge in [-0.2, -0.15) is 0 Å². The van der Waals surface area contributed by atoms with Crippen LogP contribution in [0.2, 0.25) is 0 Å². The standard InChI is InChI=1S/C26H31N7O9/c27-16(5-6-21(34)35)23(38)31-19(9-22(36)37)25(40)32-18(8-14-11-28-12-30-14)24(39)33-20(26(41)42)7-13-10-29-17-4-2-1-3-15(13)17/h1-4,10-12,16,18-20,29H,5-9,27H2,(H,28,30)(H,31,38)(H,32,40)(H,33,39)(H,34,35)(H,36,37)(H,41,42). The van der Waals surface area contributed by atoms with Gasteiger partial charge in [-0.15, -0.1) is 0 Å². The molecule has 2 aromatic heterocycles. The Hall–Kier alpha value is -5.25. The summed E-state index contributed by atoms with van der Waals surface area (Å²) in [7, 11) is 0. The Morgan fingerprint density at radius 3 is 2.14 bits per heavy atom. The molecule has 16 nitrogen and oxygen atoms in total. The van der Waals surface area contributed by atoms with E-state index in [2.05, 4.69) is 30.9 Å². The summed E-state index contributed by atoms with van der Waals surface area (Å²) in [5, 5.41) is 35.7. The summed E-state index contributed by atoms with van der Waals surface area (Å²) in [4.78, 5) is 82.8. The molecular weight excluding hydrogens is 554 g/mol. The van der Waals surface area contributed by atoms with Gasteiger partial charge in [0.05, 0.1) is 18.8 Å². The smallest absolute Gasteiger partial charge is 0.326 e. The largest absolute Gasteiger partial charge is 0.481 e. The van der Waals surface area contributed by atoms with Crippen LogP contribution in [0.15, 0.2) is 43.0 Å². The van der Waals surface area contributed by atoms with Crippen molar-refractivity contribution in [1.82, 2.24) is 30.9 Å². The maximum Gasteiger partial charge on any atom is 0.326 e. The van der Waals surface area contributed by atoms with Crippen molar-refractivity contribution in [3.05, 3.63) is 54.2 Å². The van der Waals surface area contributed by atoms with Crippen molar-refractivity contribution in [2.75, 3.05) is 0 Å². The van der Waals surface area contributed by atoms with Crippen LogP contribution in [0.5, 0.6) is 0 Å². The van der Waals surface area contributed by atoms with Gasteiger partial charge in [0.1, 0.15) is 18.1 Å². The van der Waals surface area contributed by atoms with Crippen molar-refractivity contribution in [3.8, 4) is 0 Å². The third-order valence-electron chi connectivity index (χ3n) is 6.34. The predicted octanol–water partition coefficient (Wildman–Crippen LogP) is -1.12. The number of imidazole rings is 1. The molecule has 4 unspecified atom stereocenters. The molecule has 0 fully saturated rings. The zero-order valence-electron chi connectivity index (χ0n) is 22.2. The Bertz CT molecular complexity index is 1440. The summed E-state index contributed by atoms with van der Waals surface area (Å²) in [5.74, 6) is -6.88. The van der Waals surface area contributed by atoms with Gasteiger partial charge in [-0.25, -0.2) is 9.78 Å². The van der Waals surface area contributed by atoms with Crippen LogP contribution in [0.1, 0.15) is 30.5 Å². The van der Waals surface area contributed by atoms with Crippen molar-refractivity contribution in [1.29, 1.82) is 0 Å². The number of H-pyrrole nitrogens is 2. The number of carbonyl (C=O) groups is 6. The van der Waals surface area contributed by atoms with Crippen molar-refractivity contribution in [2.45, 2.75) is 56.3 Å². The third-order valence-corrected chi connectivity index (χ3v) is 6.34. The van der Waals surface area contributed by atoms with E-state index in [9.17, 15) is 39.0 Å². The minimum absolute atomic E-state index is 0.0816. The number of para-hydroxylation sites is 1. The molecule has 0 aliphatic heterocycles. The van der Waals surface area contributed by atoms with Crippen LogP contribution in [-0.4, -0.2) is 90.1 Å². The van der Waals surface area contributed by atoms with Gasteiger partial charge in [0, 0.05) is 48.3 Å². The van der Waals surface area contributed by atoms with Gasteiger partial charge in [0.15, 0.2) is 0 Å². The number of amides is 3. The van der Waals surface area contributed by atoms with Gasteiger partial charge in [-0.3, -0.25) is 24.0 Å². The summed E-state index contributed by atoms with van der Waals surface area (Å²) < 4.78 is 0. The number of carbonyl (C=O) groups excluding carboxylic acids is 3. The quantitative estimate of drug-likeness (QED) is 0.0971. The van der Waals surface area contributed by atoms with Gasteiger partial charge in [-0.1, -0.05) is 18.2 Å². The Labute approximate surface area is 238 Å². The number of carboxylic acids is 3. The first kappa shape index (κ1) is 31.3. The van der Waals surface area contributed by atoms with Crippen LogP contribution < -0.4 is 21.7 Å². The molecule has 0 aliphatic rings. The zero-order valence-corrected chi connectivity index (χ0v) is 22.2. The van der Waals surface area contributed by atoms with Gasteiger partial charge in [-0.05, 0) is 18.1 Å². The number of nitrogens with one attached hydrogen (secondary N) is 5. The van der Waals surface area contributed by atoms with E-state index in [-0.39, 0.29) is 19.3 Å². The first-order valence-corrected chi connectivity index (χ1v) is 12.8. The maximum atomic E-state index is 13.3. The molecular formula is C26H31N7O9. The van der Waals surface area contributed by atoms with E-state index in [1.807, 2.05) is 12.1 Å². The molecule has 0 saturated carbocycles. The number of benzene rings is 1. The second kappa shape index (κ2) is 14.4. The molecule has 0 radical (unpaired) electrons. The molecule has 42 heavy (non-hydrogen) atoms. The van der Waals surface area contributed by atoms with E-state index >= 15 is 0 Å². The summed E-state index contributed by atoms with van der Waals surface area (Å²) in [6, 6.07) is 1.40. The van der Waals surface area contributed by atoms with Crippen molar-refractivity contribution >= 4 is 46.5 Å². The molecule has 16 heteroatoms. The molecule has 3 aromatic rings. The second-order valence-electron chi connectivity index (χ2n) is 9.50. The lowest BCUT2D eigenvalue weighted by molar-refractivity contribution is -0.143. The van der Waals surface area contributed by atoms with Gasteiger partial charge in [0.25, 0.3) is 0 Å². The summed E-state index contributed by atoms with van der Waals surface area (Å²) in [6.45, 7) is 0. The third kappa shape index (κ3) is 8.88. The highest BCUT2D eigenvalue weighted by molar-refractivity contribution is 5.96. The summed E-state index contributed by atoms with van der Waals surface area (Å²) in [6.07, 6.45) is 2.52. The molecule has 0 aliphatic carbocycles. The van der Waals surface area contributed by atoms with Crippen LogP contribution in [-0.2, 0) is 41.6 Å². The van der Waals surface area contributed by atoms with E-state index < -0.39 is 72.6 Å². The molecule has 1 aromatic carbocycles. The Balaban J connectivity index is 1.77. The topological polar surface area (TPSA) is 270 Å². The first-order valence-electron chi connectivity index (χ1n) is 12.8. The van der Waals surface area contributed by atoms with E-state index in [4.69, 9.17) is 10.8 Å². The molecule has 2 heterocycles. The molecule has 10 N–H and O–H groups in total. The van der Waals surface area contributed by atoms with Crippen LogP contribution in [0.3, 0.4) is 0 Å². The second-order valence-corrected chi connectivity index (χ2v) is 9.50. The number of aromatic nitrogens is 3. The highest BCUT2D eigenvalue weighted by Crippen LogP contribution is 2.19. The van der Waals surface area contributed by atoms with Crippen molar-refractivity contribution in [2.24, 2.45) is 5.73 Å². The maximum absolute atomic E-state index is 13.3.